The molecule has 0 aromatic heterocycles. The summed E-state index contributed by atoms with van der Waals surface area (Å²) in [5.74, 6) is 0.727. The van der Waals surface area contributed by atoms with E-state index in [0.717, 1.165) is 44.8 Å². The van der Waals surface area contributed by atoms with Gasteiger partial charge in [-0.3, -0.25) is 4.90 Å². The smallest absolute Gasteiger partial charge is 0.211 e. The highest BCUT2D eigenvalue weighted by atomic mass is 32.2. The minimum Gasteiger partial charge on any atom is -0.495 e. The number of nitrogens with zero attached hydrogens (tertiary/aromatic N) is 3. The molecule has 146 valence electrons. The van der Waals surface area contributed by atoms with Gasteiger partial charge < -0.3 is 15.4 Å². The highest BCUT2D eigenvalue weighted by molar-refractivity contribution is 7.88. The summed E-state index contributed by atoms with van der Waals surface area (Å²) >= 11 is 0. The van der Waals surface area contributed by atoms with Gasteiger partial charge in [0.2, 0.25) is 10.0 Å². The number of rotatable bonds is 4. The van der Waals surface area contributed by atoms with Gasteiger partial charge in [-0.2, -0.15) is 4.31 Å². The van der Waals surface area contributed by atoms with Crippen LogP contribution in [0.1, 0.15) is 18.4 Å². The molecule has 8 heteroatoms. The summed E-state index contributed by atoms with van der Waals surface area (Å²) in [7, 11) is -1.42. The largest absolute Gasteiger partial charge is 0.495 e. The van der Waals surface area contributed by atoms with Crippen molar-refractivity contribution >= 4 is 21.4 Å². The standard InChI is InChI=1S/C18H30N4O3S/c1-14-12-16(19)18(25-2)13-17(14)21-6-4-15(5-7-21)20-8-10-22(11-9-20)26(3,23)24/h12-13,15H,4-11,19H2,1-3H3. The van der Waals surface area contributed by atoms with E-state index < -0.39 is 10.0 Å². The zero-order valence-electron chi connectivity index (χ0n) is 15.9. The summed E-state index contributed by atoms with van der Waals surface area (Å²) in [6.45, 7) is 6.93. The van der Waals surface area contributed by atoms with Gasteiger partial charge in [-0.25, -0.2) is 8.42 Å². The van der Waals surface area contributed by atoms with Gasteiger partial charge >= 0.3 is 0 Å². The van der Waals surface area contributed by atoms with Crippen LogP contribution >= 0.6 is 0 Å². The third kappa shape index (κ3) is 4.07. The number of aryl methyl sites for hydroxylation is 1. The van der Waals surface area contributed by atoms with Gasteiger partial charge in [0.15, 0.2) is 0 Å². The van der Waals surface area contributed by atoms with Crippen LogP contribution in [-0.4, -0.2) is 76.3 Å². The molecule has 2 aliphatic heterocycles. The van der Waals surface area contributed by atoms with Crippen LogP contribution in [0.3, 0.4) is 0 Å². The van der Waals surface area contributed by atoms with E-state index in [-0.39, 0.29) is 0 Å². The molecule has 2 fully saturated rings. The number of nitrogen functional groups attached to an aromatic ring is 1. The number of methoxy groups -OCH3 is 1. The predicted molar refractivity (Wildman–Crippen MR) is 105 cm³/mol. The van der Waals surface area contributed by atoms with E-state index in [1.165, 1.54) is 17.5 Å². The molecule has 0 bridgehead atoms. The lowest BCUT2D eigenvalue weighted by Gasteiger charge is -2.43. The highest BCUT2D eigenvalue weighted by Crippen LogP contribution is 2.33. The SMILES string of the molecule is COc1cc(N2CCC(N3CCN(S(C)(=O)=O)CC3)CC2)c(C)cc1N. The van der Waals surface area contributed by atoms with E-state index in [1.807, 2.05) is 12.1 Å². The molecule has 3 rings (SSSR count). The third-order valence-electron chi connectivity index (χ3n) is 5.61. The fraction of sp³-hybridized carbons (Fsp3) is 0.667. The number of hydrogen-bond donors (Lipinski definition) is 1. The lowest BCUT2D eigenvalue weighted by Crippen LogP contribution is -2.54. The monoisotopic (exact) mass is 382 g/mol. The molecule has 7 nitrogen and oxygen atoms in total. The molecule has 1 aromatic carbocycles. The second-order valence-corrected chi connectivity index (χ2v) is 9.28. The molecule has 0 unspecified atom stereocenters. The van der Waals surface area contributed by atoms with Crippen LogP contribution in [-0.2, 0) is 10.0 Å². The number of piperidine rings is 1. The van der Waals surface area contributed by atoms with Crippen molar-refractivity contribution in [3.63, 3.8) is 0 Å². The number of nitrogens with two attached hydrogens (primary N) is 1. The quantitative estimate of drug-likeness (QED) is 0.787. The summed E-state index contributed by atoms with van der Waals surface area (Å²) in [6.07, 6.45) is 3.47. The van der Waals surface area contributed by atoms with Crippen molar-refractivity contribution in [2.75, 3.05) is 63.3 Å². The van der Waals surface area contributed by atoms with Gasteiger partial charge in [0, 0.05) is 57.1 Å². The van der Waals surface area contributed by atoms with E-state index in [9.17, 15) is 8.42 Å². The van der Waals surface area contributed by atoms with E-state index in [2.05, 4.69) is 16.7 Å². The minimum absolute atomic E-state index is 0.531. The first-order valence-electron chi connectivity index (χ1n) is 9.18. The van der Waals surface area contributed by atoms with Crippen molar-refractivity contribution in [1.29, 1.82) is 0 Å². The first-order chi connectivity index (χ1) is 12.3. The molecular formula is C18H30N4O3S. The Morgan fingerprint density at radius 3 is 2.23 bits per heavy atom. The van der Waals surface area contributed by atoms with Crippen LogP contribution in [0.25, 0.3) is 0 Å². The molecule has 2 heterocycles. The lowest BCUT2D eigenvalue weighted by atomic mass is 10.0. The van der Waals surface area contributed by atoms with Crippen molar-refractivity contribution in [1.82, 2.24) is 9.21 Å². The Kier molecular flexibility index (Phi) is 5.64. The Morgan fingerprint density at radius 2 is 1.69 bits per heavy atom. The fourth-order valence-electron chi connectivity index (χ4n) is 4.09. The van der Waals surface area contributed by atoms with E-state index in [4.69, 9.17) is 10.5 Å². The zero-order chi connectivity index (χ0) is 18.9. The number of hydrogen-bond acceptors (Lipinski definition) is 6. The molecule has 0 atom stereocenters. The van der Waals surface area contributed by atoms with Crippen molar-refractivity contribution in [3.8, 4) is 5.75 Å². The maximum absolute atomic E-state index is 11.7. The van der Waals surface area contributed by atoms with E-state index >= 15 is 0 Å². The van der Waals surface area contributed by atoms with Gasteiger partial charge in [-0.15, -0.1) is 0 Å². The number of benzene rings is 1. The maximum Gasteiger partial charge on any atom is 0.211 e. The normalized spacial score (nSPS) is 21.1. The Balaban J connectivity index is 1.59. The number of piperazine rings is 1. The second-order valence-electron chi connectivity index (χ2n) is 7.30. The molecule has 0 saturated carbocycles. The summed E-state index contributed by atoms with van der Waals surface area (Å²) in [6, 6.07) is 4.55. The van der Waals surface area contributed by atoms with Crippen molar-refractivity contribution < 1.29 is 13.2 Å². The van der Waals surface area contributed by atoms with Crippen LogP contribution < -0.4 is 15.4 Å². The molecule has 0 radical (unpaired) electrons. The van der Waals surface area contributed by atoms with Crippen LogP contribution in [0, 0.1) is 6.92 Å². The van der Waals surface area contributed by atoms with Crippen LogP contribution in [0.5, 0.6) is 5.75 Å². The van der Waals surface area contributed by atoms with Crippen LogP contribution in [0.2, 0.25) is 0 Å². The van der Waals surface area contributed by atoms with Gasteiger partial charge in [-0.1, -0.05) is 0 Å². The molecule has 2 aliphatic rings. The Labute approximate surface area is 156 Å². The summed E-state index contributed by atoms with van der Waals surface area (Å²) in [5.41, 5.74) is 9.03. The predicted octanol–water partition coefficient (Wildman–Crippen LogP) is 1.13. The van der Waals surface area contributed by atoms with Gasteiger partial charge in [0.1, 0.15) is 5.75 Å². The Morgan fingerprint density at radius 1 is 1.08 bits per heavy atom. The molecule has 0 aliphatic carbocycles. The molecule has 0 spiro atoms. The zero-order valence-corrected chi connectivity index (χ0v) is 16.8. The molecule has 26 heavy (non-hydrogen) atoms. The molecule has 1 aromatic rings. The number of anilines is 2. The molecular weight excluding hydrogens is 352 g/mol. The summed E-state index contributed by atoms with van der Waals surface area (Å²) < 4.78 is 30.3. The molecule has 0 amide bonds. The van der Waals surface area contributed by atoms with Gasteiger partial charge in [0.25, 0.3) is 0 Å². The highest BCUT2D eigenvalue weighted by Gasteiger charge is 2.30. The number of ether oxygens (including phenoxy) is 1. The summed E-state index contributed by atoms with van der Waals surface area (Å²) in [5, 5.41) is 0. The van der Waals surface area contributed by atoms with Gasteiger partial charge in [-0.05, 0) is 31.4 Å². The minimum atomic E-state index is -3.06. The van der Waals surface area contributed by atoms with Crippen LogP contribution in [0.4, 0.5) is 11.4 Å². The Bertz CT molecular complexity index is 737. The van der Waals surface area contributed by atoms with E-state index in [0.29, 0.717) is 24.8 Å². The first kappa shape index (κ1) is 19.3. The average molecular weight is 383 g/mol. The van der Waals surface area contributed by atoms with Crippen molar-refractivity contribution in [3.05, 3.63) is 17.7 Å². The third-order valence-corrected chi connectivity index (χ3v) is 6.92. The molecule has 2 saturated heterocycles. The molecule has 2 N–H and O–H groups in total. The lowest BCUT2D eigenvalue weighted by molar-refractivity contribution is 0.120. The average Bonchev–Trinajstić information content (AvgIpc) is 2.61. The van der Waals surface area contributed by atoms with Crippen LogP contribution in [0.15, 0.2) is 12.1 Å². The first-order valence-corrected chi connectivity index (χ1v) is 11.0. The van der Waals surface area contributed by atoms with E-state index in [1.54, 1.807) is 11.4 Å². The second kappa shape index (κ2) is 7.62. The topological polar surface area (TPSA) is 79.1 Å². The fourth-order valence-corrected chi connectivity index (χ4v) is 4.92. The summed E-state index contributed by atoms with van der Waals surface area (Å²) in [4.78, 5) is 4.86. The number of sulfonamides is 1. The van der Waals surface area contributed by atoms with Crippen molar-refractivity contribution in [2.24, 2.45) is 0 Å². The maximum atomic E-state index is 11.7. The van der Waals surface area contributed by atoms with Gasteiger partial charge in [0.05, 0.1) is 19.1 Å². The van der Waals surface area contributed by atoms with Crippen molar-refractivity contribution in [2.45, 2.75) is 25.8 Å². The Hall–Kier alpha value is -1.51.